The molecule has 5 heteroatoms. The first-order valence-electron chi connectivity index (χ1n) is 5.66. The number of aryl methyl sites for hydroxylation is 1. The number of nitrogens with two attached hydrogens (primary N) is 1. The smallest absolute Gasteiger partial charge is 0.243 e. The topological polar surface area (TPSA) is 88.1 Å². The molecule has 0 spiro atoms. The van der Waals surface area contributed by atoms with E-state index in [0.717, 1.165) is 22.3 Å². The van der Waals surface area contributed by atoms with Crippen molar-refractivity contribution in [3.8, 4) is 17.3 Å². The van der Waals surface area contributed by atoms with Gasteiger partial charge in [-0.15, -0.1) is 0 Å². The van der Waals surface area contributed by atoms with Crippen molar-refractivity contribution in [2.75, 3.05) is 0 Å². The fourth-order valence-electron chi connectivity index (χ4n) is 1.97. The molecule has 4 N–H and O–H groups in total. The first-order chi connectivity index (χ1) is 8.67. The van der Waals surface area contributed by atoms with Crippen LogP contribution in [0.4, 0.5) is 0 Å². The van der Waals surface area contributed by atoms with Gasteiger partial charge in [0.25, 0.3) is 0 Å². The van der Waals surface area contributed by atoms with Crippen LogP contribution in [0.25, 0.3) is 22.5 Å². The molecule has 0 fully saturated rings. The average Bonchev–Trinajstić information content (AvgIpc) is 2.91. The SMILES string of the molecule is Cc1nc(-c2cc3cc(O)ccc3[nH]2)oc1CN. The summed E-state index contributed by atoms with van der Waals surface area (Å²) in [5.41, 5.74) is 8.06. The zero-order valence-electron chi connectivity index (χ0n) is 9.90. The Labute approximate surface area is 103 Å². The molecule has 0 radical (unpaired) electrons. The van der Waals surface area contributed by atoms with Gasteiger partial charge in [-0.1, -0.05) is 0 Å². The summed E-state index contributed by atoms with van der Waals surface area (Å²) in [5.74, 6) is 1.44. The number of aromatic nitrogens is 2. The zero-order valence-corrected chi connectivity index (χ0v) is 9.90. The lowest BCUT2D eigenvalue weighted by atomic mass is 10.2. The van der Waals surface area contributed by atoms with E-state index in [4.69, 9.17) is 10.2 Å². The molecule has 2 aromatic heterocycles. The Morgan fingerprint density at radius 3 is 2.94 bits per heavy atom. The van der Waals surface area contributed by atoms with Crippen LogP contribution >= 0.6 is 0 Å². The zero-order chi connectivity index (χ0) is 12.7. The minimum absolute atomic E-state index is 0.235. The standard InChI is InChI=1S/C13H13N3O2/c1-7-12(6-14)18-13(15-7)11-5-8-4-9(17)2-3-10(8)16-11/h2-5,16-17H,6,14H2,1H3. The molecular formula is C13H13N3O2. The normalized spacial score (nSPS) is 11.2. The summed E-state index contributed by atoms with van der Waals surface area (Å²) in [4.78, 5) is 7.52. The number of rotatable bonds is 2. The maximum atomic E-state index is 9.43. The second-order valence-corrected chi connectivity index (χ2v) is 4.19. The number of phenols is 1. The summed E-state index contributed by atoms with van der Waals surface area (Å²) < 4.78 is 5.58. The predicted octanol–water partition coefficient (Wildman–Crippen LogP) is 2.30. The highest BCUT2D eigenvalue weighted by Gasteiger charge is 2.12. The van der Waals surface area contributed by atoms with Crippen molar-refractivity contribution in [2.45, 2.75) is 13.5 Å². The molecule has 0 aliphatic rings. The van der Waals surface area contributed by atoms with E-state index in [2.05, 4.69) is 9.97 Å². The molecule has 1 aromatic carbocycles. The molecule has 0 saturated carbocycles. The molecule has 0 unspecified atom stereocenters. The van der Waals surface area contributed by atoms with E-state index in [-0.39, 0.29) is 5.75 Å². The first kappa shape index (κ1) is 10.9. The summed E-state index contributed by atoms with van der Waals surface area (Å²) in [6, 6.07) is 7.03. The number of H-pyrrole nitrogens is 1. The van der Waals surface area contributed by atoms with Crippen molar-refractivity contribution in [3.63, 3.8) is 0 Å². The maximum absolute atomic E-state index is 9.43. The quantitative estimate of drug-likeness (QED) is 0.644. The first-order valence-corrected chi connectivity index (χ1v) is 5.66. The van der Waals surface area contributed by atoms with E-state index in [0.29, 0.717) is 18.2 Å². The molecule has 0 atom stereocenters. The molecule has 5 nitrogen and oxygen atoms in total. The van der Waals surface area contributed by atoms with Gasteiger partial charge in [-0.25, -0.2) is 4.98 Å². The van der Waals surface area contributed by atoms with Gasteiger partial charge in [0.1, 0.15) is 17.2 Å². The minimum Gasteiger partial charge on any atom is -0.508 e. The Morgan fingerprint density at radius 2 is 2.22 bits per heavy atom. The van der Waals surface area contributed by atoms with Gasteiger partial charge in [-0.2, -0.15) is 0 Å². The van der Waals surface area contributed by atoms with Gasteiger partial charge in [0.05, 0.1) is 12.2 Å². The Hall–Kier alpha value is -2.27. The molecule has 18 heavy (non-hydrogen) atoms. The second kappa shape index (κ2) is 3.89. The van der Waals surface area contributed by atoms with Gasteiger partial charge in [0, 0.05) is 10.9 Å². The lowest BCUT2D eigenvalue weighted by molar-refractivity contribution is 0.476. The van der Waals surface area contributed by atoms with Gasteiger partial charge >= 0.3 is 0 Å². The monoisotopic (exact) mass is 243 g/mol. The Balaban J connectivity index is 2.13. The molecule has 0 aliphatic carbocycles. The number of hydrogen-bond acceptors (Lipinski definition) is 4. The highest BCUT2D eigenvalue weighted by Crippen LogP contribution is 2.27. The maximum Gasteiger partial charge on any atom is 0.243 e. The highest BCUT2D eigenvalue weighted by molar-refractivity contribution is 5.85. The van der Waals surface area contributed by atoms with E-state index in [1.54, 1.807) is 12.1 Å². The number of fused-ring (bicyclic) bond motifs is 1. The number of aromatic hydroxyl groups is 1. The molecular weight excluding hydrogens is 230 g/mol. The Morgan fingerprint density at radius 1 is 1.39 bits per heavy atom. The van der Waals surface area contributed by atoms with Gasteiger partial charge in [-0.3, -0.25) is 0 Å². The number of hydrogen-bond donors (Lipinski definition) is 3. The van der Waals surface area contributed by atoms with Crippen LogP contribution in [0, 0.1) is 6.92 Å². The van der Waals surface area contributed by atoms with E-state index in [1.165, 1.54) is 0 Å². The molecule has 0 amide bonds. The number of benzene rings is 1. The minimum atomic E-state index is 0.235. The van der Waals surface area contributed by atoms with Crippen molar-refractivity contribution in [3.05, 3.63) is 35.7 Å². The van der Waals surface area contributed by atoms with Crippen LogP contribution in [0.1, 0.15) is 11.5 Å². The molecule has 3 rings (SSSR count). The van der Waals surface area contributed by atoms with E-state index < -0.39 is 0 Å². The van der Waals surface area contributed by atoms with Crippen LogP contribution in [0.2, 0.25) is 0 Å². The van der Waals surface area contributed by atoms with E-state index >= 15 is 0 Å². The number of phenolic OH excluding ortho intramolecular Hbond substituents is 1. The summed E-state index contributed by atoms with van der Waals surface area (Å²) in [6.45, 7) is 2.20. The molecule has 2 heterocycles. The summed E-state index contributed by atoms with van der Waals surface area (Å²) >= 11 is 0. The van der Waals surface area contributed by atoms with Crippen molar-refractivity contribution in [1.29, 1.82) is 0 Å². The molecule has 92 valence electrons. The number of aromatic amines is 1. The fourth-order valence-corrected chi connectivity index (χ4v) is 1.97. The van der Waals surface area contributed by atoms with Crippen LogP contribution in [-0.4, -0.2) is 15.1 Å². The van der Waals surface area contributed by atoms with E-state index in [1.807, 2.05) is 19.1 Å². The van der Waals surface area contributed by atoms with Gasteiger partial charge in [-0.05, 0) is 31.2 Å². The molecule has 0 aliphatic heterocycles. The molecule has 0 bridgehead atoms. The summed E-state index contributed by atoms with van der Waals surface area (Å²) in [5, 5.41) is 10.3. The third-order valence-electron chi connectivity index (χ3n) is 2.91. The summed E-state index contributed by atoms with van der Waals surface area (Å²) in [6.07, 6.45) is 0. The molecule has 3 aromatic rings. The van der Waals surface area contributed by atoms with Crippen molar-refractivity contribution < 1.29 is 9.52 Å². The van der Waals surface area contributed by atoms with E-state index in [9.17, 15) is 5.11 Å². The van der Waals surface area contributed by atoms with Crippen LogP contribution < -0.4 is 5.73 Å². The fraction of sp³-hybridized carbons (Fsp3) is 0.154. The second-order valence-electron chi connectivity index (χ2n) is 4.19. The Kier molecular flexibility index (Phi) is 2.34. The largest absolute Gasteiger partial charge is 0.508 e. The third-order valence-corrected chi connectivity index (χ3v) is 2.91. The number of nitrogens with one attached hydrogen (secondary N) is 1. The number of oxazole rings is 1. The van der Waals surface area contributed by atoms with Gasteiger partial charge in [0.2, 0.25) is 5.89 Å². The van der Waals surface area contributed by atoms with Crippen molar-refractivity contribution in [1.82, 2.24) is 9.97 Å². The lowest BCUT2D eigenvalue weighted by Crippen LogP contribution is -1.95. The number of nitrogens with zero attached hydrogens (tertiary/aromatic N) is 1. The van der Waals surface area contributed by atoms with Crippen molar-refractivity contribution in [2.24, 2.45) is 5.73 Å². The molecule has 0 saturated heterocycles. The Bertz CT molecular complexity index is 712. The van der Waals surface area contributed by atoms with Gasteiger partial charge in [0.15, 0.2) is 0 Å². The van der Waals surface area contributed by atoms with Crippen LogP contribution in [0.5, 0.6) is 5.75 Å². The lowest BCUT2D eigenvalue weighted by Gasteiger charge is -1.90. The average molecular weight is 243 g/mol. The van der Waals surface area contributed by atoms with Crippen molar-refractivity contribution >= 4 is 10.9 Å². The predicted molar refractivity (Wildman–Crippen MR) is 68.1 cm³/mol. The van der Waals surface area contributed by atoms with Gasteiger partial charge < -0.3 is 20.2 Å². The van der Waals surface area contributed by atoms with Crippen LogP contribution in [0.3, 0.4) is 0 Å². The van der Waals surface area contributed by atoms with Crippen LogP contribution in [-0.2, 0) is 6.54 Å². The van der Waals surface area contributed by atoms with Crippen LogP contribution in [0.15, 0.2) is 28.7 Å². The highest BCUT2D eigenvalue weighted by atomic mass is 16.4. The summed E-state index contributed by atoms with van der Waals surface area (Å²) in [7, 11) is 0. The third kappa shape index (κ3) is 1.65.